The van der Waals surface area contributed by atoms with Gasteiger partial charge in [0.2, 0.25) is 0 Å². The van der Waals surface area contributed by atoms with Crippen LogP contribution in [0.4, 0.5) is 0 Å². The third kappa shape index (κ3) is 7.45. The minimum Gasteiger partial charge on any atom is -0.489 e. The number of carbonyl (C=O) groups excluding carboxylic acids is 1. The molecule has 0 radical (unpaired) electrons. The molecule has 41 heavy (non-hydrogen) atoms. The lowest BCUT2D eigenvalue weighted by Gasteiger charge is -2.36. The van der Waals surface area contributed by atoms with Gasteiger partial charge in [0.05, 0.1) is 5.56 Å². The van der Waals surface area contributed by atoms with E-state index in [4.69, 9.17) is 4.74 Å². The topological polar surface area (TPSA) is 66.8 Å². The molecule has 0 amide bonds. The molecule has 0 aromatic heterocycles. The van der Waals surface area contributed by atoms with Crippen molar-refractivity contribution in [2.24, 2.45) is 0 Å². The quantitative estimate of drug-likeness (QED) is 0.222. The Morgan fingerprint density at radius 3 is 2.54 bits per heavy atom. The van der Waals surface area contributed by atoms with E-state index in [0.717, 1.165) is 69.3 Å². The number of carboxylic acid groups (broad SMARTS) is 1. The van der Waals surface area contributed by atoms with E-state index in [0.29, 0.717) is 18.6 Å². The largest absolute Gasteiger partial charge is 0.489 e. The van der Waals surface area contributed by atoms with Crippen molar-refractivity contribution < 1.29 is 19.4 Å². The molecule has 0 heterocycles. The number of Topliss-reactive ketones (excluding diaryl/α,β-unsaturated/α-hetero) is 1. The lowest BCUT2D eigenvalue weighted by Crippen LogP contribution is -2.34. The average molecular weight is 554 g/mol. The molecular formula is C36H43NO4. The number of nitrogens with zero attached hydrogens (tertiary/aromatic N) is 1. The number of ether oxygens (including phenoxy) is 1. The Kier molecular flexibility index (Phi) is 9.89. The van der Waals surface area contributed by atoms with Crippen molar-refractivity contribution >= 4 is 11.8 Å². The number of benzene rings is 3. The van der Waals surface area contributed by atoms with E-state index in [9.17, 15) is 14.7 Å². The second kappa shape index (κ2) is 14.0. The number of para-hydroxylation sites is 1. The summed E-state index contributed by atoms with van der Waals surface area (Å²) in [6, 6.07) is 21.0. The van der Waals surface area contributed by atoms with Crippen molar-refractivity contribution in [1.82, 2.24) is 4.90 Å². The van der Waals surface area contributed by atoms with Gasteiger partial charge in [-0.3, -0.25) is 4.90 Å². The molecule has 0 spiro atoms. The molecule has 5 heteroatoms. The molecule has 0 aliphatic heterocycles. The van der Waals surface area contributed by atoms with Crippen LogP contribution < -0.4 is 4.74 Å². The highest BCUT2D eigenvalue weighted by atomic mass is 16.5. The zero-order valence-electron chi connectivity index (χ0n) is 24.4. The number of aryl methyl sites for hydroxylation is 2. The number of hydrogen-bond donors (Lipinski definition) is 1. The molecule has 0 saturated carbocycles. The number of carbonyl (C=O) groups is 2. The molecule has 2 aliphatic rings. The van der Waals surface area contributed by atoms with Crippen LogP contribution in [0.3, 0.4) is 0 Å². The van der Waals surface area contributed by atoms with Crippen LogP contribution in [-0.4, -0.2) is 34.8 Å². The smallest absolute Gasteiger partial charge is 0.335 e. The van der Waals surface area contributed by atoms with Crippen molar-refractivity contribution in [2.45, 2.75) is 90.2 Å². The van der Waals surface area contributed by atoms with Crippen LogP contribution in [0.1, 0.15) is 102 Å². The third-order valence-electron chi connectivity index (χ3n) is 8.85. The number of fused-ring (bicyclic) bond motifs is 2. The van der Waals surface area contributed by atoms with E-state index in [-0.39, 0.29) is 11.8 Å². The molecule has 2 aliphatic carbocycles. The minimum absolute atomic E-state index is 0.242. The normalized spacial score (nSPS) is 16.2. The predicted octanol–water partition coefficient (Wildman–Crippen LogP) is 7.52. The first-order valence-electron chi connectivity index (χ1n) is 15.4. The van der Waals surface area contributed by atoms with E-state index in [1.54, 1.807) is 13.0 Å². The molecule has 1 unspecified atom stereocenters. The van der Waals surface area contributed by atoms with Gasteiger partial charge in [-0.2, -0.15) is 0 Å². The maximum Gasteiger partial charge on any atom is 0.335 e. The second-order valence-electron chi connectivity index (χ2n) is 11.7. The lowest BCUT2D eigenvalue weighted by molar-refractivity contribution is -0.117. The number of hydrogen-bond acceptors (Lipinski definition) is 4. The molecule has 1 N–H and O–H groups in total. The average Bonchev–Trinajstić information content (AvgIpc) is 2.99. The first-order valence-corrected chi connectivity index (χ1v) is 15.4. The molecule has 216 valence electrons. The van der Waals surface area contributed by atoms with Crippen LogP contribution in [0.25, 0.3) is 0 Å². The third-order valence-corrected chi connectivity index (χ3v) is 8.85. The number of rotatable bonds is 13. The second-order valence-corrected chi connectivity index (χ2v) is 11.7. The van der Waals surface area contributed by atoms with Gasteiger partial charge >= 0.3 is 5.97 Å². The van der Waals surface area contributed by atoms with Crippen molar-refractivity contribution in [3.05, 3.63) is 99.6 Å². The first-order chi connectivity index (χ1) is 20.0. The van der Waals surface area contributed by atoms with Crippen LogP contribution in [0.2, 0.25) is 0 Å². The number of aromatic carboxylic acids is 1. The minimum atomic E-state index is -0.872. The van der Waals surface area contributed by atoms with Crippen molar-refractivity contribution in [3.63, 3.8) is 0 Å². The Morgan fingerprint density at radius 1 is 0.878 bits per heavy atom. The lowest BCUT2D eigenvalue weighted by atomic mass is 9.85. The monoisotopic (exact) mass is 553 g/mol. The fraction of sp³-hybridized carbons (Fsp3) is 0.444. The summed E-state index contributed by atoms with van der Waals surface area (Å²) >= 11 is 0. The Balaban J connectivity index is 1.31. The van der Waals surface area contributed by atoms with Crippen LogP contribution in [-0.2, 0) is 37.1 Å². The van der Waals surface area contributed by atoms with Gasteiger partial charge in [0.15, 0.2) is 0 Å². The molecule has 0 bridgehead atoms. The Hall–Kier alpha value is -3.44. The Morgan fingerprint density at radius 2 is 1.68 bits per heavy atom. The van der Waals surface area contributed by atoms with Gasteiger partial charge in [0.1, 0.15) is 18.1 Å². The Bertz CT molecular complexity index is 1360. The van der Waals surface area contributed by atoms with E-state index in [1.807, 2.05) is 12.1 Å². The summed E-state index contributed by atoms with van der Waals surface area (Å²) in [6.07, 6.45) is 11.2. The van der Waals surface area contributed by atoms with Crippen molar-refractivity contribution in [2.75, 3.05) is 13.1 Å². The molecule has 5 rings (SSSR count). The van der Waals surface area contributed by atoms with Gasteiger partial charge in [0, 0.05) is 19.0 Å². The highest BCUT2D eigenvalue weighted by Gasteiger charge is 2.27. The fourth-order valence-corrected chi connectivity index (χ4v) is 6.68. The van der Waals surface area contributed by atoms with Gasteiger partial charge in [-0.15, -0.1) is 0 Å². The molecule has 0 saturated heterocycles. The predicted molar refractivity (Wildman–Crippen MR) is 163 cm³/mol. The number of unbranched alkanes of at least 4 members (excludes halogenated alkanes) is 1. The zero-order chi connectivity index (χ0) is 28.6. The van der Waals surface area contributed by atoms with Gasteiger partial charge in [-0.05, 0) is 129 Å². The van der Waals surface area contributed by atoms with Crippen LogP contribution in [0.15, 0.2) is 60.7 Å². The number of carboxylic acids is 1. The van der Waals surface area contributed by atoms with Gasteiger partial charge in [0.25, 0.3) is 0 Å². The van der Waals surface area contributed by atoms with Gasteiger partial charge in [-0.1, -0.05) is 42.5 Å². The summed E-state index contributed by atoms with van der Waals surface area (Å²) in [5, 5.41) is 9.51. The first kappa shape index (κ1) is 29.1. The van der Waals surface area contributed by atoms with Crippen LogP contribution >= 0.6 is 0 Å². The van der Waals surface area contributed by atoms with Crippen LogP contribution in [0.5, 0.6) is 5.75 Å². The standard InChI is InChI=1S/C36H43NO4/c1-26(38)10-6-7-22-37(34-17-9-14-29-24-30(36(39)40)19-20-33(29)34)23-21-28-12-3-5-18-35(28)41-25-31-15-8-13-27-11-2-4-16-32(27)31/h3,5,8,12-13,15,18-20,24,34H,2,4,6-7,9-11,14,16-17,21-23,25H2,1H3,(H,39,40). The molecule has 0 fully saturated rings. The summed E-state index contributed by atoms with van der Waals surface area (Å²) in [7, 11) is 0. The summed E-state index contributed by atoms with van der Waals surface area (Å²) in [4.78, 5) is 25.7. The molecule has 3 aromatic rings. The SMILES string of the molecule is CC(=O)CCCCN(CCc1ccccc1OCc1cccc2c1CCCC2)C1CCCc2cc(C(=O)O)ccc21. The molecule has 1 atom stereocenters. The Labute approximate surface area is 244 Å². The highest BCUT2D eigenvalue weighted by molar-refractivity contribution is 5.88. The number of ketones is 1. The fourth-order valence-electron chi connectivity index (χ4n) is 6.68. The summed E-state index contributed by atoms with van der Waals surface area (Å²) in [6.45, 7) is 4.05. The molecule has 5 nitrogen and oxygen atoms in total. The summed E-state index contributed by atoms with van der Waals surface area (Å²) in [5.41, 5.74) is 8.26. The molecular weight excluding hydrogens is 510 g/mol. The molecule has 3 aromatic carbocycles. The summed E-state index contributed by atoms with van der Waals surface area (Å²) in [5.74, 6) is 0.322. The maximum atomic E-state index is 11.6. The van der Waals surface area contributed by atoms with Crippen LogP contribution in [0, 0.1) is 0 Å². The zero-order valence-corrected chi connectivity index (χ0v) is 24.4. The van der Waals surface area contributed by atoms with Crippen molar-refractivity contribution in [3.8, 4) is 5.75 Å². The van der Waals surface area contributed by atoms with E-state index in [1.165, 1.54) is 47.1 Å². The summed E-state index contributed by atoms with van der Waals surface area (Å²) < 4.78 is 6.47. The van der Waals surface area contributed by atoms with Gasteiger partial charge < -0.3 is 14.6 Å². The van der Waals surface area contributed by atoms with E-state index >= 15 is 0 Å². The highest BCUT2D eigenvalue weighted by Crippen LogP contribution is 2.36. The van der Waals surface area contributed by atoms with Gasteiger partial charge in [-0.25, -0.2) is 4.79 Å². The van der Waals surface area contributed by atoms with E-state index < -0.39 is 5.97 Å². The van der Waals surface area contributed by atoms with Crippen molar-refractivity contribution in [1.29, 1.82) is 0 Å². The maximum absolute atomic E-state index is 11.6. The van der Waals surface area contributed by atoms with E-state index in [2.05, 4.69) is 47.4 Å².